The van der Waals surface area contributed by atoms with Gasteiger partial charge in [0.05, 0.1) is 26.4 Å². The van der Waals surface area contributed by atoms with Gasteiger partial charge in [0.15, 0.2) is 0 Å². The second-order valence-electron chi connectivity index (χ2n) is 3.43. The predicted molar refractivity (Wildman–Crippen MR) is 52.0 cm³/mol. The molecule has 0 aromatic carbocycles. The first-order chi connectivity index (χ1) is 6.74. The SMILES string of the molecule is CN(CCO)C(=O)CN1CCOCC1. The van der Waals surface area contributed by atoms with Crippen molar-refractivity contribution >= 4 is 5.91 Å². The molecule has 14 heavy (non-hydrogen) atoms. The lowest BCUT2D eigenvalue weighted by Gasteiger charge is -2.27. The van der Waals surface area contributed by atoms with Crippen molar-refractivity contribution in [2.75, 3.05) is 53.0 Å². The maximum atomic E-state index is 11.5. The van der Waals surface area contributed by atoms with Crippen molar-refractivity contribution in [3.05, 3.63) is 0 Å². The molecule has 1 rings (SSSR count). The Kier molecular flexibility index (Phi) is 4.86. The molecule has 5 heteroatoms. The van der Waals surface area contributed by atoms with Gasteiger partial charge in [0, 0.05) is 26.7 Å². The number of aliphatic hydroxyl groups excluding tert-OH is 1. The average molecular weight is 202 g/mol. The number of hydrogen-bond donors (Lipinski definition) is 1. The molecule has 1 N–H and O–H groups in total. The topological polar surface area (TPSA) is 53.0 Å². The highest BCUT2D eigenvalue weighted by Gasteiger charge is 2.16. The normalized spacial score (nSPS) is 18.1. The van der Waals surface area contributed by atoms with Gasteiger partial charge in [-0.15, -0.1) is 0 Å². The molecule has 0 unspecified atom stereocenters. The Morgan fingerprint density at radius 2 is 2.14 bits per heavy atom. The first kappa shape index (κ1) is 11.4. The molecule has 0 aliphatic carbocycles. The maximum Gasteiger partial charge on any atom is 0.236 e. The van der Waals surface area contributed by atoms with Gasteiger partial charge >= 0.3 is 0 Å². The van der Waals surface area contributed by atoms with Crippen LogP contribution in [0.15, 0.2) is 0 Å². The highest BCUT2D eigenvalue weighted by Crippen LogP contribution is 1.97. The summed E-state index contributed by atoms with van der Waals surface area (Å²) in [6.45, 7) is 3.90. The zero-order chi connectivity index (χ0) is 10.4. The molecule has 0 aromatic heterocycles. The molecule has 1 amide bonds. The molecule has 0 bridgehead atoms. The van der Waals surface area contributed by atoms with Gasteiger partial charge in [-0.05, 0) is 0 Å². The summed E-state index contributed by atoms with van der Waals surface area (Å²) in [4.78, 5) is 15.2. The number of carbonyl (C=O) groups excluding carboxylic acids is 1. The van der Waals surface area contributed by atoms with Crippen molar-refractivity contribution in [3.8, 4) is 0 Å². The molecule has 0 saturated carbocycles. The molecule has 0 aromatic rings. The number of aliphatic hydroxyl groups is 1. The fourth-order valence-electron chi connectivity index (χ4n) is 1.35. The minimum atomic E-state index is 0.0192. The third kappa shape index (κ3) is 3.61. The molecular formula is C9H18N2O3. The summed E-state index contributed by atoms with van der Waals surface area (Å²) in [6.07, 6.45) is 0. The summed E-state index contributed by atoms with van der Waals surface area (Å²) in [5, 5.41) is 8.66. The number of carbonyl (C=O) groups is 1. The van der Waals surface area contributed by atoms with Crippen LogP contribution in [0.25, 0.3) is 0 Å². The number of morpholine rings is 1. The van der Waals surface area contributed by atoms with Gasteiger partial charge in [0.1, 0.15) is 0 Å². The van der Waals surface area contributed by atoms with Crippen LogP contribution in [0.2, 0.25) is 0 Å². The van der Waals surface area contributed by atoms with Crippen LogP contribution >= 0.6 is 0 Å². The van der Waals surface area contributed by atoms with Gasteiger partial charge in [-0.2, -0.15) is 0 Å². The second kappa shape index (κ2) is 5.95. The van der Waals surface area contributed by atoms with E-state index < -0.39 is 0 Å². The van der Waals surface area contributed by atoms with Crippen molar-refractivity contribution in [2.45, 2.75) is 0 Å². The van der Waals surface area contributed by atoms with Crippen molar-refractivity contribution in [3.63, 3.8) is 0 Å². The standard InChI is InChI=1S/C9H18N2O3/c1-10(2-5-12)9(13)8-11-3-6-14-7-4-11/h12H,2-8H2,1H3. The number of amides is 1. The molecule has 1 fully saturated rings. The predicted octanol–water partition coefficient (Wildman–Crippen LogP) is -1.23. The van der Waals surface area contributed by atoms with Crippen molar-refractivity contribution in [2.24, 2.45) is 0 Å². The molecule has 1 aliphatic heterocycles. The summed E-state index contributed by atoms with van der Waals surface area (Å²) in [5.41, 5.74) is 0. The van der Waals surface area contributed by atoms with Gasteiger partial charge in [-0.25, -0.2) is 0 Å². The molecule has 82 valence electrons. The van der Waals surface area contributed by atoms with E-state index in [4.69, 9.17) is 9.84 Å². The van der Waals surface area contributed by atoms with Crippen LogP contribution in [0.4, 0.5) is 0 Å². The van der Waals surface area contributed by atoms with Crippen LogP contribution < -0.4 is 0 Å². The van der Waals surface area contributed by atoms with Crippen LogP contribution in [0.3, 0.4) is 0 Å². The third-order valence-corrected chi connectivity index (χ3v) is 2.32. The molecule has 5 nitrogen and oxygen atoms in total. The Balaban J connectivity index is 2.24. The number of likely N-dealkylation sites (N-methyl/N-ethyl adjacent to an activating group) is 1. The van der Waals surface area contributed by atoms with E-state index in [0.717, 1.165) is 13.1 Å². The van der Waals surface area contributed by atoms with E-state index in [9.17, 15) is 4.79 Å². The van der Waals surface area contributed by atoms with Crippen LogP contribution in [0, 0.1) is 0 Å². The molecular weight excluding hydrogens is 184 g/mol. The van der Waals surface area contributed by atoms with Crippen molar-refractivity contribution in [1.82, 2.24) is 9.80 Å². The van der Waals surface area contributed by atoms with Crippen LogP contribution in [0.1, 0.15) is 0 Å². The third-order valence-electron chi connectivity index (χ3n) is 2.32. The first-order valence-corrected chi connectivity index (χ1v) is 4.89. The quantitative estimate of drug-likeness (QED) is 0.620. The van der Waals surface area contributed by atoms with E-state index in [0.29, 0.717) is 26.3 Å². The van der Waals surface area contributed by atoms with Gasteiger partial charge in [0.2, 0.25) is 5.91 Å². The summed E-state index contributed by atoms with van der Waals surface area (Å²) in [6, 6.07) is 0. The summed E-state index contributed by atoms with van der Waals surface area (Å²) in [5.74, 6) is 0.0564. The fraction of sp³-hybridized carbons (Fsp3) is 0.889. The lowest BCUT2D eigenvalue weighted by molar-refractivity contribution is -0.132. The van der Waals surface area contributed by atoms with Crippen LogP contribution in [-0.4, -0.2) is 73.9 Å². The van der Waals surface area contributed by atoms with Crippen LogP contribution in [-0.2, 0) is 9.53 Å². The Bertz CT molecular complexity index is 181. The summed E-state index contributed by atoms with van der Waals surface area (Å²) in [7, 11) is 1.71. The van der Waals surface area contributed by atoms with E-state index in [1.165, 1.54) is 0 Å². The van der Waals surface area contributed by atoms with Gasteiger partial charge < -0.3 is 14.7 Å². The number of nitrogens with zero attached hydrogens (tertiary/aromatic N) is 2. The largest absolute Gasteiger partial charge is 0.395 e. The van der Waals surface area contributed by atoms with Gasteiger partial charge in [-0.1, -0.05) is 0 Å². The number of hydrogen-bond acceptors (Lipinski definition) is 4. The van der Waals surface area contributed by atoms with Crippen LogP contribution in [0.5, 0.6) is 0 Å². The van der Waals surface area contributed by atoms with Gasteiger partial charge in [0.25, 0.3) is 0 Å². The molecule has 0 spiro atoms. The lowest BCUT2D eigenvalue weighted by Crippen LogP contribution is -2.44. The zero-order valence-electron chi connectivity index (χ0n) is 8.61. The van der Waals surface area contributed by atoms with Crippen molar-refractivity contribution < 1.29 is 14.6 Å². The Hall–Kier alpha value is -0.650. The molecule has 0 atom stereocenters. The maximum absolute atomic E-state index is 11.5. The Morgan fingerprint density at radius 1 is 1.50 bits per heavy atom. The number of ether oxygens (including phenoxy) is 1. The van der Waals surface area contributed by atoms with E-state index in [-0.39, 0.29) is 12.5 Å². The summed E-state index contributed by atoms with van der Waals surface area (Å²) >= 11 is 0. The zero-order valence-corrected chi connectivity index (χ0v) is 8.61. The first-order valence-electron chi connectivity index (χ1n) is 4.89. The Labute approximate surface area is 84.2 Å². The van der Waals surface area contributed by atoms with E-state index >= 15 is 0 Å². The molecule has 1 saturated heterocycles. The smallest absolute Gasteiger partial charge is 0.236 e. The highest BCUT2D eigenvalue weighted by atomic mass is 16.5. The average Bonchev–Trinajstić information content (AvgIpc) is 2.19. The monoisotopic (exact) mass is 202 g/mol. The minimum absolute atomic E-state index is 0.0192. The number of rotatable bonds is 4. The lowest BCUT2D eigenvalue weighted by atomic mass is 10.4. The molecule has 1 heterocycles. The highest BCUT2D eigenvalue weighted by molar-refractivity contribution is 5.77. The van der Waals surface area contributed by atoms with E-state index in [2.05, 4.69) is 4.90 Å². The van der Waals surface area contributed by atoms with E-state index in [1.54, 1.807) is 11.9 Å². The van der Waals surface area contributed by atoms with E-state index in [1.807, 2.05) is 0 Å². The molecule has 1 aliphatic rings. The second-order valence-corrected chi connectivity index (χ2v) is 3.43. The minimum Gasteiger partial charge on any atom is -0.395 e. The fourth-order valence-corrected chi connectivity index (χ4v) is 1.35. The van der Waals surface area contributed by atoms with Crippen molar-refractivity contribution in [1.29, 1.82) is 0 Å². The Morgan fingerprint density at radius 3 is 2.71 bits per heavy atom. The molecule has 0 radical (unpaired) electrons. The summed E-state index contributed by atoms with van der Waals surface area (Å²) < 4.78 is 5.18. The van der Waals surface area contributed by atoms with Gasteiger partial charge in [-0.3, -0.25) is 9.69 Å².